The summed E-state index contributed by atoms with van der Waals surface area (Å²) >= 11 is 0. The summed E-state index contributed by atoms with van der Waals surface area (Å²) in [5.41, 5.74) is 16.0. The Kier molecular flexibility index (Phi) is 7.61. The Morgan fingerprint density at radius 1 is 0.667 bits per heavy atom. The fourth-order valence-corrected chi connectivity index (χ4v) is 6.77. The number of hydrogen-bond acceptors (Lipinski definition) is 2. The highest BCUT2D eigenvalue weighted by Crippen LogP contribution is 2.40. The van der Waals surface area contributed by atoms with Crippen LogP contribution in [0.1, 0.15) is 52.5 Å². The molecule has 0 fully saturated rings. The van der Waals surface area contributed by atoms with Gasteiger partial charge in [-0.05, 0) is 80.0 Å². The first-order valence-corrected chi connectivity index (χ1v) is 15.8. The molecule has 220 valence electrons. The van der Waals surface area contributed by atoms with Crippen LogP contribution >= 0.6 is 0 Å². The second kappa shape index (κ2) is 12.0. The molecule has 45 heavy (non-hydrogen) atoms. The number of aromatic nitrogens is 3. The van der Waals surface area contributed by atoms with Crippen molar-refractivity contribution in [2.75, 3.05) is 0 Å². The minimum atomic E-state index is 0.733. The number of nitrogens with zero attached hydrogens (tertiary/aromatic N) is 3. The number of fused-ring (bicyclic) bond motifs is 1. The van der Waals surface area contributed by atoms with Gasteiger partial charge in [-0.2, -0.15) is 0 Å². The lowest BCUT2D eigenvalue weighted by atomic mass is 9.85. The van der Waals surface area contributed by atoms with Crippen molar-refractivity contribution in [3.05, 3.63) is 154 Å². The highest BCUT2D eigenvalue weighted by Gasteiger charge is 2.25. The van der Waals surface area contributed by atoms with E-state index in [0.29, 0.717) is 0 Å². The maximum absolute atomic E-state index is 5.19. The molecule has 3 heteroatoms. The maximum atomic E-state index is 5.19. The summed E-state index contributed by atoms with van der Waals surface area (Å²) in [5, 5.41) is 0. The molecule has 6 aromatic rings. The molecule has 2 heterocycles. The first-order valence-electron chi connectivity index (χ1n) is 15.8. The summed E-state index contributed by atoms with van der Waals surface area (Å²) in [7, 11) is 0. The van der Waals surface area contributed by atoms with Crippen molar-refractivity contribution in [1.29, 1.82) is 0 Å². The molecular formula is C42H37N3. The van der Waals surface area contributed by atoms with E-state index in [-0.39, 0.29) is 0 Å². The van der Waals surface area contributed by atoms with Crippen molar-refractivity contribution in [3.63, 3.8) is 0 Å². The Balaban J connectivity index is 1.40. The van der Waals surface area contributed by atoms with Gasteiger partial charge in [0.25, 0.3) is 0 Å². The van der Waals surface area contributed by atoms with Gasteiger partial charge in [-0.3, -0.25) is 0 Å². The lowest BCUT2D eigenvalue weighted by Gasteiger charge is -2.21. The summed E-state index contributed by atoms with van der Waals surface area (Å²) < 4.78 is 2.37. The SMILES string of the molecule is C/C=C\c1c2c(n(-c3cc(-c4ccccc4)nc(-c4ccccc4)n3)c1C)CCC(c1cccc(-c3ccccc3C)c1C)=C2. The molecule has 0 amide bonds. The van der Waals surface area contributed by atoms with E-state index in [1.165, 1.54) is 55.9 Å². The van der Waals surface area contributed by atoms with E-state index in [9.17, 15) is 0 Å². The van der Waals surface area contributed by atoms with Crippen LogP contribution in [0.25, 0.3) is 57.3 Å². The third-order valence-corrected chi connectivity index (χ3v) is 9.04. The monoisotopic (exact) mass is 583 g/mol. The Morgan fingerprint density at radius 2 is 1.33 bits per heavy atom. The maximum Gasteiger partial charge on any atom is 0.162 e. The number of benzene rings is 4. The molecule has 7 rings (SSSR count). The summed E-state index contributed by atoms with van der Waals surface area (Å²) in [6, 6.07) is 38.3. The van der Waals surface area contributed by atoms with E-state index in [0.717, 1.165) is 41.3 Å². The largest absolute Gasteiger partial charge is 0.302 e. The first-order chi connectivity index (χ1) is 22.0. The van der Waals surface area contributed by atoms with Crippen molar-refractivity contribution in [2.24, 2.45) is 0 Å². The molecular weight excluding hydrogens is 546 g/mol. The van der Waals surface area contributed by atoms with Gasteiger partial charge in [0.1, 0.15) is 5.82 Å². The fraction of sp³-hybridized carbons (Fsp3) is 0.143. The molecule has 4 aromatic carbocycles. The van der Waals surface area contributed by atoms with Crippen LogP contribution in [0, 0.1) is 20.8 Å². The van der Waals surface area contributed by atoms with E-state index in [2.05, 4.69) is 135 Å². The zero-order chi connectivity index (χ0) is 30.9. The molecule has 0 bridgehead atoms. The van der Waals surface area contributed by atoms with E-state index < -0.39 is 0 Å². The predicted molar refractivity (Wildman–Crippen MR) is 189 cm³/mol. The van der Waals surface area contributed by atoms with Gasteiger partial charge in [0, 0.05) is 39.7 Å². The summed E-state index contributed by atoms with van der Waals surface area (Å²) in [4.78, 5) is 10.2. The number of allylic oxidation sites excluding steroid dienone is 2. The molecule has 0 radical (unpaired) electrons. The van der Waals surface area contributed by atoms with Gasteiger partial charge in [0.2, 0.25) is 0 Å². The van der Waals surface area contributed by atoms with Crippen LogP contribution in [0.3, 0.4) is 0 Å². The highest BCUT2D eigenvalue weighted by molar-refractivity contribution is 5.91. The van der Waals surface area contributed by atoms with Gasteiger partial charge < -0.3 is 4.57 Å². The lowest BCUT2D eigenvalue weighted by Crippen LogP contribution is -2.09. The van der Waals surface area contributed by atoms with Crippen LogP contribution in [-0.2, 0) is 6.42 Å². The van der Waals surface area contributed by atoms with E-state index in [1.54, 1.807) is 0 Å². The van der Waals surface area contributed by atoms with E-state index >= 15 is 0 Å². The van der Waals surface area contributed by atoms with Crippen molar-refractivity contribution in [3.8, 4) is 39.6 Å². The predicted octanol–water partition coefficient (Wildman–Crippen LogP) is 10.7. The number of rotatable bonds is 6. The quantitative estimate of drug-likeness (QED) is 0.195. The van der Waals surface area contributed by atoms with Crippen molar-refractivity contribution in [1.82, 2.24) is 14.5 Å². The summed E-state index contributed by atoms with van der Waals surface area (Å²) in [5.74, 6) is 1.64. The van der Waals surface area contributed by atoms with Gasteiger partial charge in [0.05, 0.1) is 5.69 Å². The van der Waals surface area contributed by atoms with Gasteiger partial charge in [-0.15, -0.1) is 0 Å². The van der Waals surface area contributed by atoms with Crippen LogP contribution in [-0.4, -0.2) is 14.5 Å². The third-order valence-electron chi connectivity index (χ3n) is 9.04. The second-order valence-corrected chi connectivity index (χ2v) is 11.8. The Labute approximate surface area is 266 Å². The average Bonchev–Trinajstić information content (AvgIpc) is 3.36. The fourth-order valence-electron chi connectivity index (χ4n) is 6.77. The molecule has 1 aliphatic carbocycles. The number of aryl methyl sites for hydroxylation is 1. The van der Waals surface area contributed by atoms with Crippen LogP contribution in [0.4, 0.5) is 0 Å². The molecule has 1 aliphatic rings. The van der Waals surface area contributed by atoms with Crippen molar-refractivity contribution >= 4 is 17.7 Å². The van der Waals surface area contributed by atoms with E-state index in [1.807, 2.05) is 24.3 Å². The topological polar surface area (TPSA) is 30.7 Å². The molecule has 0 N–H and O–H groups in total. The summed E-state index contributed by atoms with van der Waals surface area (Å²) in [6.07, 6.45) is 8.71. The molecule has 3 nitrogen and oxygen atoms in total. The van der Waals surface area contributed by atoms with Gasteiger partial charge >= 0.3 is 0 Å². The van der Waals surface area contributed by atoms with Crippen LogP contribution in [0.5, 0.6) is 0 Å². The average molecular weight is 584 g/mol. The minimum Gasteiger partial charge on any atom is -0.302 e. The molecule has 2 aromatic heterocycles. The Hall–Kier alpha value is -5.28. The molecule has 0 unspecified atom stereocenters. The minimum absolute atomic E-state index is 0.733. The lowest BCUT2D eigenvalue weighted by molar-refractivity contribution is 0.840. The molecule has 0 spiro atoms. The van der Waals surface area contributed by atoms with Gasteiger partial charge in [0.15, 0.2) is 5.82 Å². The van der Waals surface area contributed by atoms with E-state index in [4.69, 9.17) is 9.97 Å². The van der Waals surface area contributed by atoms with Crippen LogP contribution in [0.2, 0.25) is 0 Å². The van der Waals surface area contributed by atoms with Gasteiger partial charge in [-0.25, -0.2) is 9.97 Å². The zero-order valence-corrected chi connectivity index (χ0v) is 26.4. The number of hydrogen-bond donors (Lipinski definition) is 0. The molecule has 0 atom stereocenters. The smallest absolute Gasteiger partial charge is 0.162 e. The molecule has 0 saturated heterocycles. The zero-order valence-electron chi connectivity index (χ0n) is 26.4. The van der Waals surface area contributed by atoms with Crippen molar-refractivity contribution < 1.29 is 0 Å². The standard InChI is InChI=1S/C42H37N3/c1-5-15-37-30(4)45(41-27-39(31-17-8-6-9-18-31)43-42(44-41)32-19-10-7-11-20-32)40-25-24-33(26-38(37)40)35-22-14-23-36(29(35)3)34-21-13-12-16-28(34)2/h5-23,26-27H,24-25H2,1-4H3/b15-5-. The Morgan fingerprint density at radius 3 is 2.07 bits per heavy atom. The third kappa shape index (κ3) is 5.25. The second-order valence-electron chi connectivity index (χ2n) is 11.8. The summed E-state index contributed by atoms with van der Waals surface area (Å²) in [6.45, 7) is 8.78. The normalized spacial score (nSPS) is 12.8. The van der Waals surface area contributed by atoms with Gasteiger partial charge in [-0.1, -0.05) is 115 Å². The molecule has 0 aliphatic heterocycles. The highest BCUT2D eigenvalue weighted by atomic mass is 15.1. The Bertz CT molecular complexity index is 2020. The van der Waals surface area contributed by atoms with Crippen LogP contribution in [0.15, 0.2) is 115 Å². The first kappa shape index (κ1) is 28.5. The van der Waals surface area contributed by atoms with Crippen LogP contribution < -0.4 is 0 Å². The van der Waals surface area contributed by atoms with Crippen molar-refractivity contribution in [2.45, 2.75) is 40.5 Å². The molecule has 0 saturated carbocycles.